The molecule has 0 amide bonds. The molecular formula is C12H8N4O2. The van der Waals surface area contributed by atoms with Gasteiger partial charge in [-0.1, -0.05) is 6.07 Å². The third-order valence-electron chi connectivity index (χ3n) is 2.74. The summed E-state index contributed by atoms with van der Waals surface area (Å²) in [6.45, 7) is 0. The first-order valence-electron chi connectivity index (χ1n) is 5.23. The number of nitriles is 1. The van der Waals surface area contributed by atoms with Crippen molar-refractivity contribution in [1.82, 2.24) is 14.5 Å². The SMILES string of the molecule is Cn1cnc(-c2ccc3[nH]c(=O)oc3c2)c1C#N. The van der Waals surface area contributed by atoms with Crippen LogP contribution < -0.4 is 5.76 Å². The molecule has 1 aromatic carbocycles. The number of aromatic amines is 1. The summed E-state index contributed by atoms with van der Waals surface area (Å²) in [6.07, 6.45) is 1.57. The number of fused-ring (bicyclic) bond motifs is 1. The first-order chi connectivity index (χ1) is 8.69. The Morgan fingerprint density at radius 3 is 3.11 bits per heavy atom. The van der Waals surface area contributed by atoms with Gasteiger partial charge in [0.1, 0.15) is 17.5 Å². The smallest absolute Gasteiger partial charge is 0.408 e. The summed E-state index contributed by atoms with van der Waals surface area (Å²) >= 11 is 0. The van der Waals surface area contributed by atoms with E-state index in [9.17, 15) is 4.79 Å². The molecule has 2 heterocycles. The third-order valence-corrected chi connectivity index (χ3v) is 2.74. The van der Waals surface area contributed by atoms with Gasteiger partial charge < -0.3 is 8.98 Å². The maximum Gasteiger partial charge on any atom is 0.417 e. The molecular weight excluding hydrogens is 232 g/mol. The molecule has 1 N–H and O–H groups in total. The number of nitrogens with zero attached hydrogens (tertiary/aromatic N) is 3. The van der Waals surface area contributed by atoms with Gasteiger partial charge in [0.2, 0.25) is 0 Å². The van der Waals surface area contributed by atoms with Crippen molar-refractivity contribution >= 4 is 11.1 Å². The second-order valence-electron chi connectivity index (χ2n) is 3.89. The number of hydrogen-bond donors (Lipinski definition) is 1. The molecule has 3 rings (SSSR count). The van der Waals surface area contributed by atoms with E-state index < -0.39 is 5.76 Å². The number of rotatable bonds is 1. The predicted molar refractivity (Wildman–Crippen MR) is 63.8 cm³/mol. The zero-order valence-electron chi connectivity index (χ0n) is 9.47. The van der Waals surface area contributed by atoms with E-state index in [4.69, 9.17) is 9.68 Å². The van der Waals surface area contributed by atoms with Gasteiger partial charge in [-0.15, -0.1) is 0 Å². The van der Waals surface area contributed by atoms with Gasteiger partial charge in [0, 0.05) is 12.6 Å². The molecule has 0 saturated carbocycles. The molecule has 6 heteroatoms. The molecule has 0 unspecified atom stereocenters. The summed E-state index contributed by atoms with van der Waals surface area (Å²) < 4.78 is 6.63. The van der Waals surface area contributed by atoms with Crippen LogP contribution >= 0.6 is 0 Å². The highest BCUT2D eigenvalue weighted by molar-refractivity contribution is 5.80. The highest BCUT2D eigenvalue weighted by atomic mass is 16.4. The fourth-order valence-corrected chi connectivity index (χ4v) is 1.87. The lowest BCUT2D eigenvalue weighted by Crippen LogP contribution is -1.92. The molecule has 0 aliphatic carbocycles. The Balaban J connectivity index is 2.25. The van der Waals surface area contributed by atoms with Crippen LogP contribution in [0.4, 0.5) is 0 Å². The maximum absolute atomic E-state index is 11.1. The molecule has 18 heavy (non-hydrogen) atoms. The minimum atomic E-state index is -0.497. The van der Waals surface area contributed by atoms with Gasteiger partial charge in [-0.25, -0.2) is 9.78 Å². The second kappa shape index (κ2) is 3.60. The van der Waals surface area contributed by atoms with Gasteiger partial charge in [-0.05, 0) is 12.1 Å². The van der Waals surface area contributed by atoms with Crippen molar-refractivity contribution in [2.45, 2.75) is 0 Å². The van der Waals surface area contributed by atoms with Crippen LogP contribution in [0.1, 0.15) is 5.69 Å². The quantitative estimate of drug-likeness (QED) is 0.696. The van der Waals surface area contributed by atoms with E-state index >= 15 is 0 Å². The zero-order chi connectivity index (χ0) is 12.7. The van der Waals surface area contributed by atoms with E-state index in [-0.39, 0.29) is 0 Å². The molecule has 0 spiro atoms. The summed E-state index contributed by atoms with van der Waals surface area (Å²) in [7, 11) is 1.75. The van der Waals surface area contributed by atoms with Gasteiger partial charge in [0.05, 0.1) is 11.8 Å². The minimum absolute atomic E-state index is 0.451. The summed E-state index contributed by atoms with van der Waals surface area (Å²) in [4.78, 5) is 17.8. The predicted octanol–water partition coefficient (Wildman–Crippen LogP) is 1.39. The van der Waals surface area contributed by atoms with Crippen LogP contribution in [-0.2, 0) is 7.05 Å². The maximum atomic E-state index is 11.1. The van der Waals surface area contributed by atoms with E-state index in [0.717, 1.165) is 5.56 Å². The molecule has 0 aliphatic rings. The van der Waals surface area contributed by atoms with Crippen LogP contribution in [0.5, 0.6) is 0 Å². The van der Waals surface area contributed by atoms with Crippen molar-refractivity contribution in [3.63, 3.8) is 0 Å². The van der Waals surface area contributed by atoms with Gasteiger partial charge >= 0.3 is 5.76 Å². The van der Waals surface area contributed by atoms with Crippen LogP contribution in [0.15, 0.2) is 33.7 Å². The molecule has 0 bridgehead atoms. The van der Waals surface area contributed by atoms with Crippen LogP contribution in [0, 0.1) is 11.3 Å². The lowest BCUT2D eigenvalue weighted by molar-refractivity contribution is 0.555. The summed E-state index contributed by atoms with van der Waals surface area (Å²) in [5.41, 5.74) is 2.85. The van der Waals surface area contributed by atoms with Crippen LogP contribution in [0.3, 0.4) is 0 Å². The highest BCUT2D eigenvalue weighted by Gasteiger charge is 2.12. The summed E-state index contributed by atoms with van der Waals surface area (Å²) in [6, 6.07) is 7.30. The van der Waals surface area contributed by atoms with Crippen molar-refractivity contribution in [3.8, 4) is 17.3 Å². The normalized spacial score (nSPS) is 10.7. The van der Waals surface area contributed by atoms with Crippen molar-refractivity contribution in [1.29, 1.82) is 5.26 Å². The molecule has 0 fully saturated rings. The van der Waals surface area contributed by atoms with Crippen LogP contribution in [0.2, 0.25) is 0 Å². The van der Waals surface area contributed by atoms with Crippen LogP contribution in [-0.4, -0.2) is 14.5 Å². The first kappa shape index (κ1) is 10.4. The van der Waals surface area contributed by atoms with E-state index in [1.165, 1.54) is 0 Å². The third kappa shape index (κ3) is 1.42. The number of H-pyrrole nitrogens is 1. The first-order valence-corrected chi connectivity index (χ1v) is 5.23. The Labute approximate surface area is 101 Å². The fourth-order valence-electron chi connectivity index (χ4n) is 1.87. The van der Waals surface area contributed by atoms with Gasteiger partial charge in [0.15, 0.2) is 5.58 Å². The topological polar surface area (TPSA) is 87.6 Å². The number of hydrogen-bond acceptors (Lipinski definition) is 4. The zero-order valence-corrected chi connectivity index (χ0v) is 9.47. The highest BCUT2D eigenvalue weighted by Crippen LogP contribution is 2.24. The molecule has 0 saturated heterocycles. The standard InChI is InChI=1S/C12H8N4O2/c1-16-6-14-11(9(16)5-13)7-2-3-8-10(4-7)18-12(17)15-8/h2-4,6H,1H3,(H,15,17). The molecule has 0 aliphatic heterocycles. The van der Waals surface area contributed by atoms with Crippen LogP contribution in [0.25, 0.3) is 22.4 Å². The minimum Gasteiger partial charge on any atom is -0.408 e. The summed E-state index contributed by atoms with van der Waals surface area (Å²) in [5.74, 6) is -0.497. The van der Waals surface area contributed by atoms with Gasteiger partial charge in [-0.2, -0.15) is 5.26 Å². The van der Waals surface area contributed by atoms with Gasteiger partial charge in [-0.3, -0.25) is 4.98 Å². The van der Waals surface area contributed by atoms with E-state index in [2.05, 4.69) is 16.0 Å². The Kier molecular flexibility index (Phi) is 2.07. The average molecular weight is 240 g/mol. The monoisotopic (exact) mass is 240 g/mol. The van der Waals surface area contributed by atoms with E-state index in [0.29, 0.717) is 22.5 Å². The number of aromatic nitrogens is 3. The van der Waals surface area contributed by atoms with Gasteiger partial charge in [0.25, 0.3) is 0 Å². The molecule has 2 aromatic heterocycles. The van der Waals surface area contributed by atoms with Crippen molar-refractivity contribution in [2.75, 3.05) is 0 Å². The number of oxazole rings is 1. The lowest BCUT2D eigenvalue weighted by Gasteiger charge is -1.98. The Morgan fingerprint density at radius 2 is 2.33 bits per heavy atom. The Morgan fingerprint density at radius 1 is 1.50 bits per heavy atom. The lowest BCUT2D eigenvalue weighted by atomic mass is 10.1. The number of nitrogens with one attached hydrogen (secondary N) is 1. The molecule has 88 valence electrons. The summed E-state index contributed by atoms with van der Waals surface area (Å²) in [5, 5.41) is 9.08. The number of benzene rings is 1. The van der Waals surface area contributed by atoms with Crippen molar-refractivity contribution in [3.05, 3.63) is 40.8 Å². The molecule has 3 aromatic rings. The molecule has 0 radical (unpaired) electrons. The van der Waals surface area contributed by atoms with Crippen molar-refractivity contribution in [2.24, 2.45) is 7.05 Å². The molecule has 0 atom stereocenters. The second-order valence-corrected chi connectivity index (χ2v) is 3.89. The van der Waals surface area contributed by atoms with E-state index in [1.807, 2.05) is 0 Å². The number of aryl methyl sites for hydroxylation is 1. The van der Waals surface area contributed by atoms with Crippen molar-refractivity contribution < 1.29 is 4.42 Å². The Bertz CT molecular complexity index is 832. The fraction of sp³-hybridized carbons (Fsp3) is 0.0833. The number of imidazole rings is 1. The van der Waals surface area contributed by atoms with E-state index in [1.54, 1.807) is 36.1 Å². The average Bonchev–Trinajstić information content (AvgIpc) is 2.89. The molecule has 6 nitrogen and oxygen atoms in total. The Hall–Kier alpha value is -2.81. The largest absolute Gasteiger partial charge is 0.417 e.